The van der Waals surface area contributed by atoms with Crippen LogP contribution >= 0.6 is 0 Å². The van der Waals surface area contributed by atoms with E-state index in [0.29, 0.717) is 22.6 Å². The molecule has 0 saturated heterocycles. The molecule has 0 atom stereocenters. The average molecular weight is 443 g/mol. The molecule has 166 valence electrons. The van der Waals surface area contributed by atoms with Gasteiger partial charge in [-0.05, 0) is 35.9 Å². The smallest absolute Gasteiger partial charge is 0.383 e. The molecule has 0 bridgehead atoms. The van der Waals surface area contributed by atoms with Crippen molar-refractivity contribution in [1.29, 1.82) is 5.41 Å². The van der Waals surface area contributed by atoms with Crippen molar-refractivity contribution in [3.8, 4) is 0 Å². The van der Waals surface area contributed by atoms with Crippen LogP contribution in [-0.4, -0.2) is 28.8 Å². The first-order valence-corrected chi connectivity index (χ1v) is 9.37. The summed E-state index contributed by atoms with van der Waals surface area (Å²) in [7, 11) is 1.66. The minimum absolute atomic E-state index is 0.00871. The second kappa shape index (κ2) is 9.33. The van der Waals surface area contributed by atoms with Gasteiger partial charge in [-0.2, -0.15) is 13.2 Å². The molecule has 0 fully saturated rings. The van der Waals surface area contributed by atoms with E-state index in [9.17, 15) is 18.0 Å². The normalized spacial score (nSPS) is 11.0. The second-order valence-corrected chi connectivity index (χ2v) is 6.75. The molecule has 11 heteroatoms. The number of halogens is 3. The molecule has 0 unspecified atom stereocenters. The minimum Gasteiger partial charge on any atom is -0.383 e. The van der Waals surface area contributed by atoms with Crippen LogP contribution in [0.2, 0.25) is 0 Å². The molecule has 2 aromatic carbocycles. The maximum absolute atomic E-state index is 12.8. The predicted molar refractivity (Wildman–Crippen MR) is 117 cm³/mol. The van der Waals surface area contributed by atoms with E-state index in [0.717, 1.165) is 12.1 Å². The molecule has 1 aromatic heterocycles. The van der Waals surface area contributed by atoms with Gasteiger partial charge in [0.15, 0.2) is 0 Å². The number of amides is 2. The van der Waals surface area contributed by atoms with Crippen LogP contribution in [0.3, 0.4) is 0 Å². The van der Waals surface area contributed by atoms with Crippen molar-refractivity contribution in [3.05, 3.63) is 71.5 Å². The number of rotatable bonds is 6. The van der Waals surface area contributed by atoms with Crippen molar-refractivity contribution in [2.45, 2.75) is 12.6 Å². The Morgan fingerprint density at radius 3 is 2.38 bits per heavy atom. The summed E-state index contributed by atoms with van der Waals surface area (Å²) in [5, 5.41) is 16.2. The van der Waals surface area contributed by atoms with E-state index in [-0.39, 0.29) is 23.6 Å². The Kier molecular flexibility index (Phi) is 6.57. The Morgan fingerprint density at radius 1 is 1.06 bits per heavy atom. The maximum atomic E-state index is 12.8. The molecule has 0 spiro atoms. The van der Waals surface area contributed by atoms with E-state index >= 15 is 0 Å². The van der Waals surface area contributed by atoms with Crippen LogP contribution in [0.4, 0.5) is 41.0 Å². The van der Waals surface area contributed by atoms with E-state index in [1.807, 2.05) is 0 Å². The number of anilines is 4. The van der Waals surface area contributed by atoms with Crippen molar-refractivity contribution >= 4 is 34.8 Å². The number of hydrogen-bond donors (Lipinski definition) is 5. The molecule has 0 aliphatic carbocycles. The zero-order chi connectivity index (χ0) is 23.3. The fourth-order valence-corrected chi connectivity index (χ4v) is 3.00. The largest absolute Gasteiger partial charge is 0.416 e. The summed E-state index contributed by atoms with van der Waals surface area (Å²) in [4.78, 5) is 20.2. The van der Waals surface area contributed by atoms with E-state index in [2.05, 4.69) is 25.9 Å². The minimum atomic E-state index is -4.51. The molecular weight excluding hydrogens is 423 g/mol. The Hall–Kier alpha value is -4.15. The monoisotopic (exact) mass is 443 g/mol. The average Bonchev–Trinajstić information content (AvgIpc) is 2.73. The summed E-state index contributed by atoms with van der Waals surface area (Å²) in [6.45, 7) is 0. The molecule has 32 heavy (non-hydrogen) atoms. The molecule has 6 N–H and O–H groups in total. The van der Waals surface area contributed by atoms with Gasteiger partial charge in [0.2, 0.25) is 0 Å². The number of hydrogen-bond acceptors (Lipinski definition) is 6. The third-order valence-corrected chi connectivity index (χ3v) is 4.43. The van der Waals surface area contributed by atoms with E-state index < -0.39 is 17.8 Å². The highest BCUT2D eigenvalue weighted by atomic mass is 19.4. The number of nitrogens with two attached hydrogens (primary N) is 1. The summed E-state index contributed by atoms with van der Waals surface area (Å²) in [5.74, 6) is 0.598. The highest BCUT2D eigenvalue weighted by Gasteiger charge is 2.30. The van der Waals surface area contributed by atoms with E-state index in [4.69, 9.17) is 11.1 Å². The topological polar surface area (TPSA) is 129 Å². The number of aromatic nitrogens is 2. The van der Waals surface area contributed by atoms with Crippen LogP contribution in [0.15, 0.2) is 54.9 Å². The second-order valence-electron chi connectivity index (χ2n) is 6.75. The molecule has 0 aliphatic heterocycles. The van der Waals surface area contributed by atoms with Gasteiger partial charge < -0.3 is 27.1 Å². The van der Waals surface area contributed by atoms with E-state index in [1.54, 1.807) is 31.3 Å². The van der Waals surface area contributed by atoms with Gasteiger partial charge in [0.1, 0.15) is 18.0 Å². The van der Waals surface area contributed by atoms with Crippen LogP contribution in [0, 0.1) is 5.41 Å². The molecule has 3 rings (SSSR count). The van der Waals surface area contributed by atoms with Crippen molar-refractivity contribution < 1.29 is 18.0 Å². The predicted octanol–water partition coefficient (Wildman–Crippen LogP) is 4.37. The summed E-state index contributed by atoms with van der Waals surface area (Å²) < 4.78 is 38.5. The summed E-state index contributed by atoms with van der Waals surface area (Å²) in [6.07, 6.45) is -3.02. The number of urea groups is 1. The fraction of sp³-hybridized carbons (Fsp3) is 0.143. The van der Waals surface area contributed by atoms with Gasteiger partial charge in [-0.15, -0.1) is 0 Å². The van der Waals surface area contributed by atoms with Crippen LogP contribution in [0.5, 0.6) is 0 Å². The molecule has 0 radical (unpaired) electrons. The molecule has 8 nitrogen and oxygen atoms in total. The lowest BCUT2D eigenvalue weighted by atomic mass is 10.0. The Labute approximate surface area is 181 Å². The number of alkyl halides is 3. The summed E-state index contributed by atoms with van der Waals surface area (Å²) >= 11 is 0. The van der Waals surface area contributed by atoms with Crippen LogP contribution < -0.4 is 21.7 Å². The van der Waals surface area contributed by atoms with Gasteiger partial charge in [0, 0.05) is 24.8 Å². The summed E-state index contributed by atoms with van der Waals surface area (Å²) in [6, 6.07) is 10.4. The molecule has 2 amide bonds. The quantitative estimate of drug-likeness (QED) is 0.361. The SMILES string of the molecule is CNc1ncnc(N)c1C(=N)Cc1cccc(NC(=O)Nc2cccc(C(F)(F)F)c2)c1. The number of carbonyl (C=O) groups excluding carboxylic acids is 1. The highest BCUT2D eigenvalue weighted by molar-refractivity contribution is 6.07. The van der Waals surface area contributed by atoms with Gasteiger partial charge in [-0.1, -0.05) is 18.2 Å². The van der Waals surface area contributed by atoms with Crippen LogP contribution in [0.1, 0.15) is 16.7 Å². The zero-order valence-electron chi connectivity index (χ0n) is 16.9. The van der Waals surface area contributed by atoms with Crippen LogP contribution in [0.25, 0.3) is 0 Å². The first kappa shape index (κ1) is 22.5. The van der Waals surface area contributed by atoms with Gasteiger partial charge in [0.05, 0.1) is 16.8 Å². The first-order chi connectivity index (χ1) is 15.2. The summed E-state index contributed by atoms with van der Waals surface area (Å²) in [5.41, 5.74) is 6.72. The number of carbonyl (C=O) groups is 1. The molecule has 0 aliphatic rings. The molecular formula is C21H20F3N7O. The van der Waals surface area contributed by atoms with Crippen molar-refractivity contribution in [2.24, 2.45) is 0 Å². The third-order valence-electron chi connectivity index (χ3n) is 4.43. The van der Waals surface area contributed by atoms with Crippen LogP contribution in [-0.2, 0) is 12.6 Å². The Bertz CT molecular complexity index is 1150. The van der Waals surface area contributed by atoms with Gasteiger partial charge in [-0.3, -0.25) is 0 Å². The van der Waals surface area contributed by atoms with Crippen molar-refractivity contribution in [1.82, 2.24) is 9.97 Å². The highest BCUT2D eigenvalue weighted by Crippen LogP contribution is 2.30. The van der Waals surface area contributed by atoms with Gasteiger partial charge >= 0.3 is 12.2 Å². The Morgan fingerprint density at radius 2 is 1.72 bits per heavy atom. The Balaban J connectivity index is 1.69. The number of nitrogens with one attached hydrogen (secondary N) is 4. The maximum Gasteiger partial charge on any atom is 0.416 e. The number of nitrogen functional groups attached to an aromatic ring is 1. The lowest BCUT2D eigenvalue weighted by Gasteiger charge is -2.13. The molecule has 0 saturated carbocycles. The molecule has 3 aromatic rings. The van der Waals surface area contributed by atoms with Gasteiger partial charge in [0.25, 0.3) is 0 Å². The molecule has 1 heterocycles. The lowest BCUT2D eigenvalue weighted by molar-refractivity contribution is -0.137. The first-order valence-electron chi connectivity index (χ1n) is 9.37. The fourth-order valence-electron chi connectivity index (χ4n) is 3.00. The lowest BCUT2D eigenvalue weighted by Crippen LogP contribution is -2.20. The zero-order valence-corrected chi connectivity index (χ0v) is 16.9. The standard InChI is InChI=1S/C21H20F3N7O/c1-27-19-17(18(26)28-11-29-19)16(25)9-12-4-2-6-14(8-12)30-20(32)31-15-7-3-5-13(10-15)21(22,23)24/h2-8,10-11,25H,9H2,1H3,(H2,30,31,32)(H3,26,27,28,29). The van der Waals surface area contributed by atoms with Crippen molar-refractivity contribution in [2.75, 3.05) is 28.7 Å². The van der Waals surface area contributed by atoms with E-state index in [1.165, 1.54) is 18.5 Å². The van der Waals surface area contributed by atoms with Crippen molar-refractivity contribution in [3.63, 3.8) is 0 Å². The third kappa shape index (κ3) is 5.50. The van der Waals surface area contributed by atoms with Gasteiger partial charge in [-0.25, -0.2) is 14.8 Å². The number of nitrogens with zero attached hydrogens (tertiary/aromatic N) is 2. The number of benzene rings is 2.